The summed E-state index contributed by atoms with van der Waals surface area (Å²) in [7, 11) is 0. The molecule has 0 aromatic heterocycles. The van der Waals surface area contributed by atoms with Crippen LogP contribution in [0.15, 0.2) is 182 Å². The summed E-state index contributed by atoms with van der Waals surface area (Å²) in [5, 5.41) is 12.8. The van der Waals surface area contributed by atoms with Gasteiger partial charge in [0.25, 0.3) is 0 Å². The topological polar surface area (TPSA) is 99.1 Å². The number of rotatable bonds is 20. The van der Waals surface area contributed by atoms with E-state index >= 15 is 0 Å². The Morgan fingerprint density at radius 1 is 0.393 bits per heavy atom. The zero-order valence-electron chi connectivity index (χ0n) is 35.4. The maximum absolute atomic E-state index is 15.0. The molecule has 6 rings (SSSR count). The van der Waals surface area contributed by atoms with Gasteiger partial charge in [-0.3, -0.25) is 9.59 Å². The molecule has 314 valence electrons. The Morgan fingerprint density at radius 2 is 0.639 bits per heavy atom. The molecule has 0 bridgehead atoms. The van der Waals surface area contributed by atoms with Gasteiger partial charge in [0.05, 0.1) is 12.8 Å². The van der Waals surface area contributed by atoms with Gasteiger partial charge in [-0.25, -0.2) is 4.79 Å². The Kier molecular flexibility index (Phi) is 14.7. The van der Waals surface area contributed by atoms with E-state index in [1.807, 2.05) is 203 Å². The molecule has 0 aliphatic carbocycles. The predicted molar refractivity (Wildman–Crippen MR) is 238 cm³/mol. The first kappa shape index (κ1) is 44.2. The van der Waals surface area contributed by atoms with Crippen molar-refractivity contribution in [1.29, 1.82) is 0 Å². The fourth-order valence-corrected chi connectivity index (χ4v) is 8.26. The summed E-state index contributed by atoms with van der Waals surface area (Å²) in [6.07, 6.45) is 0.330. The van der Waals surface area contributed by atoms with E-state index in [4.69, 9.17) is 14.2 Å². The third-order valence-corrected chi connectivity index (χ3v) is 11.8. The number of hydrogen-bond acceptors (Lipinski definition) is 7. The first-order valence-electron chi connectivity index (χ1n) is 21.2. The molecule has 0 saturated heterocycles. The number of carbonyl (C=O) groups excluding carboxylic acids is 3. The van der Waals surface area contributed by atoms with Gasteiger partial charge in [0.1, 0.15) is 16.8 Å². The normalized spacial score (nSPS) is 15.1. The van der Waals surface area contributed by atoms with Gasteiger partial charge in [-0.2, -0.15) is 0 Å². The van der Waals surface area contributed by atoms with Crippen molar-refractivity contribution in [2.75, 3.05) is 0 Å². The second kappa shape index (κ2) is 20.3. The van der Waals surface area contributed by atoms with Crippen LogP contribution in [0.5, 0.6) is 0 Å². The second-order valence-corrected chi connectivity index (χ2v) is 15.9. The fourth-order valence-electron chi connectivity index (χ4n) is 8.26. The number of aliphatic hydroxyl groups is 1. The lowest BCUT2D eigenvalue weighted by atomic mass is 9.83. The molecule has 0 saturated carbocycles. The molecular weight excluding hydrogens is 761 g/mol. The SMILES string of the molecule is CCC(Cc1ccccc1)(OC(=O)CC(O)(CC(=O)OC(CC)(Cc1ccccc1)c1ccccc1)C(=O)OC(CC)(Cc1ccccc1)c1ccccc1)c1ccccc1. The summed E-state index contributed by atoms with van der Waals surface area (Å²) >= 11 is 0. The first-order valence-corrected chi connectivity index (χ1v) is 21.2. The van der Waals surface area contributed by atoms with Crippen LogP contribution in [0.3, 0.4) is 0 Å². The quantitative estimate of drug-likeness (QED) is 0.0605. The van der Waals surface area contributed by atoms with Crippen LogP contribution in [0, 0.1) is 0 Å². The summed E-state index contributed by atoms with van der Waals surface area (Å²) in [5.41, 5.74) is -1.28. The van der Waals surface area contributed by atoms with E-state index in [1.54, 1.807) is 0 Å². The van der Waals surface area contributed by atoms with Gasteiger partial charge < -0.3 is 19.3 Å². The summed E-state index contributed by atoms with van der Waals surface area (Å²) in [5.74, 6) is -2.86. The fraction of sp³-hybridized carbons (Fsp3) is 0.278. The minimum absolute atomic E-state index is 0.277. The average molecular weight is 817 g/mol. The molecule has 7 heteroatoms. The molecule has 1 N–H and O–H groups in total. The molecule has 0 radical (unpaired) electrons. The van der Waals surface area contributed by atoms with Crippen LogP contribution in [-0.2, 0) is 64.7 Å². The van der Waals surface area contributed by atoms with Crippen molar-refractivity contribution in [2.45, 2.75) is 94.5 Å². The van der Waals surface area contributed by atoms with Crippen molar-refractivity contribution in [3.8, 4) is 0 Å². The van der Waals surface area contributed by atoms with Crippen molar-refractivity contribution in [3.63, 3.8) is 0 Å². The minimum Gasteiger partial charge on any atom is -0.454 e. The number of esters is 3. The first-order chi connectivity index (χ1) is 29.6. The molecule has 3 atom stereocenters. The van der Waals surface area contributed by atoms with Crippen LogP contribution in [-0.4, -0.2) is 28.6 Å². The predicted octanol–water partition coefficient (Wildman–Crippen LogP) is 10.8. The van der Waals surface area contributed by atoms with Crippen LogP contribution >= 0.6 is 0 Å². The maximum Gasteiger partial charge on any atom is 0.340 e. The Balaban J connectivity index is 1.39. The van der Waals surface area contributed by atoms with E-state index in [2.05, 4.69) is 0 Å². The number of ether oxygens (including phenoxy) is 3. The highest BCUT2D eigenvalue weighted by Gasteiger charge is 2.50. The largest absolute Gasteiger partial charge is 0.454 e. The van der Waals surface area contributed by atoms with E-state index in [0.29, 0.717) is 37.7 Å². The molecule has 6 aromatic carbocycles. The van der Waals surface area contributed by atoms with Crippen LogP contribution < -0.4 is 0 Å². The van der Waals surface area contributed by atoms with E-state index in [0.717, 1.165) is 27.8 Å². The van der Waals surface area contributed by atoms with Crippen LogP contribution in [0.25, 0.3) is 0 Å². The molecule has 6 aromatic rings. The highest BCUT2D eigenvalue weighted by molar-refractivity contribution is 5.90. The van der Waals surface area contributed by atoms with Gasteiger partial charge in [-0.15, -0.1) is 0 Å². The van der Waals surface area contributed by atoms with Crippen molar-refractivity contribution in [3.05, 3.63) is 215 Å². The second-order valence-electron chi connectivity index (χ2n) is 15.9. The van der Waals surface area contributed by atoms with Gasteiger partial charge in [-0.1, -0.05) is 203 Å². The lowest BCUT2D eigenvalue weighted by molar-refractivity contribution is -0.197. The van der Waals surface area contributed by atoms with Crippen LogP contribution in [0.2, 0.25) is 0 Å². The molecular formula is C54H56O7. The van der Waals surface area contributed by atoms with E-state index in [9.17, 15) is 19.5 Å². The summed E-state index contributed by atoms with van der Waals surface area (Å²) in [6.45, 7) is 5.77. The summed E-state index contributed by atoms with van der Waals surface area (Å²) < 4.78 is 19.4. The van der Waals surface area contributed by atoms with Gasteiger partial charge in [0.2, 0.25) is 0 Å². The molecule has 7 nitrogen and oxygen atoms in total. The molecule has 0 aliphatic rings. The van der Waals surface area contributed by atoms with Crippen LogP contribution in [0.1, 0.15) is 86.3 Å². The Morgan fingerprint density at radius 3 is 0.902 bits per heavy atom. The third kappa shape index (κ3) is 10.9. The van der Waals surface area contributed by atoms with Crippen molar-refractivity contribution in [1.82, 2.24) is 0 Å². The molecule has 0 heterocycles. The van der Waals surface area contributed by atoms with Crippen LogP contribution in [0.4, 0.5) is 0 Å². The highest BCUT2D eigenvalue weighted by atomic mass is 16.6. The van der Waals surface area contributed by atoms with E-state index in [-0.39, 0.29) is 6.42 Å². The molecule has 3 unspecified atom stereocenters. The molecule has 0 fully saturated rings. The van der Waals surface area contributed by atoms with Crippen molar-refractivity contribution < 1.29 is 33.7 Å². The number of carbonyl (C=O) groups is 3. The zero-order valence-corrected chi connectivity index (χ0v) is 35.4. The number of hydrogen-bond donors (Lipinski definition) is 1. The van der Waals surface area contributed by atoms with E-state index < -0.39 is 53.2 Å². The Hall–Kier alpha value is -6.31. The van der Waals surface area contributed by atoms with Gasteiger partial charge in [0.15, 0.2) is 5.60 Å². The lowest BCUT2D eigenvalue weighted by Gasteiger charge is -2.38. The highest BCUT2D eigenvalue weighted by Crippen LogP contribution is 2.40. The Labute approximate surface area is 360 Å². The van der Waals surface area contributed by atoms with Gasteiger partial charge >= 0.3 is 17.9 Å². The molecule has 61 heavy (non-hydrogen) atoms. The lowest BCUT2D eigenvalue weighted by Crippen LogP contribution is -2.50. The summed E-state index contributed by atoms with van der Waals surface area (Å²) in [6, 6.07) is 57.3. The Bertz CT molecular complexity index is 2180. The van der Waals surface area contributed by atoms with E-state index in [1.165, 1.54) is 0 Å². The van der Waals surface area contributed by atoms with Gasteiger partial charge in [-0.05, 0) is 52.6 Å². The minimum atomic E-state index is -2.69. The molecule has 0 amide bonds. The summed E-state index contributed by atoms with van der Waals surface area (Å²) in [4.78, 5) is 44.1. The van der Waals surface area contributed by atoms with Crippen molar-refractivity contribution in [2.24, 2.45) is 0 Å². The zero-order chi connectivity index (χ0) is 43.2. The van der Waals surface area contributed by atoms with Gasteiger partial charge in [0, 0.05) is 19.3 Å². The van der Waals surface area contributed by atoms with Crippen molar-refractivity contribution >= 4 is 17.9 Å². The smallest absolute Gasteiger partial charge is 0.340 e. The maximum atomic E-state index is 15.0. The standard InChI is InChI=1S/C54H56O7/c1-4-52(45-31-19-10-20-32-45,37-42-25-13-7-14-26-42)59-48(55)40-51(58,50(57)61-54(6-3,47-35-23-12-24-36-47)39-44-29-17-9-18-30-44)41-49(56)60-53(5-2,46-33-21-11-22-34-46)38-43-27-15-8-16-28-43/h7-36,58H,4-6,37-41H2,1-3H3. The number of benzene rings is 6. The monoisotopic (exact) mass is 816 g/mol. The average Bonchev–Trinajstić information content (AvgIpc) is 3.30. The molecule has 0 aliphatic heterocycles. The molecule has 0 spiro atoms. The third-order valence-electron chi connectivity index (χ3n) is 11.8.